The van der Waals surface area contributed by atoms with E-state index in [2.05, 4.69) is 36.0 Å². The molecule has 0 radical (unpaired) electrons. The van der Waals surface area contributed by atoms with E-state index in [0.29, 0.717) is 17.1 Å². The van der Waals surface area contributed by atoms with Gasteiger partial charge in [0.05, 0.1) is 12.7 Å². The highest BCUT2D eigenvalue weighted by Crippen LogP contribution is 2.31. The van der Waals surface area contributed by atoms with Crippen LogP contribution in [0.3, 0.4) is 0 Å². The first-order valence-corrected chi connectivity index (χ1v) is 8.35. The molecule has 3 aromatic rings. The van der Waals surface area contributed by atoms with Crippen molar-refractivity contribution in [2.75, 3.05) is 18.2 Å². The van der Waals surface area contributed by atoms with Crippen LogP contribution < -0.4 is 15.8 Å². The molecule has 132 valence electrons. The molecule has 0 aliphatic rings. The van der Waals surface area contributed by atoms with Gasteiger partial charge >= 0.3 is 5.97 Å². The van der Waals surface area contributed by atoms with E-state index in [0.717, 1.165) is 10.2 Å². The average Bonchev–Trinajstić information content (AvgIpc) is 2.65. The number of halogens is 1. The van der Waals surface area contributed by atoms with Crippen molar-refractivity contribution in [3.8, 4) is 11.6 Å². The van der Waals surface area contributed by atoms with Crippen LogP contribution in [0.2, 0.25) is 0 Å². The van der Waals surface area contributed by atoms with Crippen molar-refractivity contribution < 1.29 is 14.3 Å². The van der Waals surface area contributed by atoms with Gasteiger partial charge in [-0.05, 0) is 42.5 Å². The van der Waals surface area contributed by atoms with E-state index in [-0.39, 0.29) is 11.6 Å². The Kier molecular flexibility index (Phi) is 5.33. The standard InChI is InChI=1S/C18H15BrN4O3/c1-25-18(24)11-5-7-14(8-6-11)26-17-15(20)16(21-10-22-17)23-13-4-2-3-12(19)9-13/h2-10H,20H2,1H3,(H,21,22,23). The number of nitrogen functional groups attached to an aromatic ring is 1. The fourth-order valence-electron chi connectivity index (χ4n) is 2.15. The molecule has 0 bridgehead atoms. The molecule has 26 heavy (non-hydrogen) atoms. The molecule has 0 saturated heterocycles. The lowest BCUT2D eigenvalue weighted by Crippen LogP contribution is -2.03. The third-order valence-corrected chi connectivity index (χ3v) is 3.92. The van der Waals surface area contributed by atoms with E-state index >= 15 is 0 Å². The number of esters is 1. The number of benzene rings is 2. The Morgan fingerprint density at radius 3 is 2.62 bits per heavy atom. The number of hydrogen-bond donors (Lipinski definition) is 2. The van der Waals surface area contributed by atoms with Crippen molar-refractivity contribution in [1.82, 2.24) is 9.97 Å². The predicted octanol–water partition coefficient (Wildman–Crippen LogP) is 4.14. The summed E-state index contributed by atoms with van der Waals surface area (Å²) in [5.74, 6) is 0.706. The minimum atomic E-state index is -0.418. The zero-order valence-electron chi connectivity index (χ0n) is 13.8. The number of anilines is 3. The number of ether oxygens (including phenoxy) is 2. The number of rotatable bonds is 5. The van der Waals surface area contributed by atoms with E-state index in [1.807, 2.05) is 24.3 Å². The van der Waals surface area contributed by atoms with Crippen LogP contribution in [0.15, 0.2) is 59.3 Å². The van der Waals surface area contributed by atoms with Crippen LogP contribution in [0.4, 0.5) is 17.2 Å². The first-order valence-electron chi connectivity index (χ1n) is 7.56. The SMILES string of the molecule is COC(=O)c1ccc(Oc2ncnc(Nc3cccc(Br)c3)c2N)cc1. The third-order valence-electron chi connectivity index (χ3n) is 3.42. The average molecular weight is 415 g/mol. The normalized spacial score (nSPS) is 10.2. The van der Waals surface area contributed by atoms with E-state index in [9.17, 15) is 4.79 Å². The topological polar surface area (TPSA) is 99.4 Å². The number of methoxy groups -OCH3 is 1. The number of hydrogen-bond acceptors (Lipinski definition) is 7. The summed E-state index contributed by atoms with van der Waals surface area (Å²) >= 11 is 3.41. The van der Waals surface area contributed by atoms with Crippen LogP contribution in [0.1, 0.15) is 10.4 Å². The number of nitrogens with zero attached hydrogens (tertiary/aromatic N) is 2. The van der Waals surface area contributed by atoms with Gasteiger partial charge in [0.2, 0.25) is 5.88 Å². The molecule has 1 heterocycles. The summed E-state index contributed by atoms with van der Waals surface area (Å²) in [7, 11) is 1.33. The van der Waals surface area contributed by atoms with Gasteiger partial charge in [-0.25, -0.2) is 9.78 Å². The van der Waals surface area contributed by atoms with Crippen LogP contribution in [0, 0.1) is 0 Å². The van der Waals surface area contributed by atoms with Gasteiger partial charge in [-0.3, -0.25) is 0 Å². The molecule has 0 spiro atoms. The first kappa shape index (κ1) is 17.7. The molecule has 0 amide bonds. The Morgan fingerprint density at radius 1 is 1.15 bits per heavy atom. The van der Waals surface area contributed by atoms with Gasteiger partial charge in [-0.2, -0.15) is 4.98 Å². The zero-order valence-corrected chi connectivity index (χ0v) is 15.4. The van der Waals surface area contributed by atoms with E-state index < -0.39 is 5.97 Å². The lowest BCUT2D eigenvalue weighted by Gasteiger charge is -2.12. The van der Waals surface area contributed by atoms with Crippen LogP contribution in [-0.2, 0) is 4.74 Å². The maximum absolute atomic E-state index is 11.5. The summed E-state index contributed by atoms with van der Waals surface area (Å²) in [6.07, 6.45) is 1.36. The number of nitrogens with two attached hydrogens (primary N) is 1. The highest BCUT2D eigenvalue weighted by atomic mass is 79.9. The van der Waals surface area contributed by atoms with Crippen molar-refractivity contribution in [3.63, 3.8) is 0 Å². The molecule has 7 nitrogen and oxygen atoms in total. The summed E-state index contributed by atoms with van der Waals surface area (Å²) < 4.78 is 11.3. The van der Waals surface area contributed by atoms with Gasteiger partial charge < -0.3 is 20.5 Å². The quantitative estimate of drug-likeness (QED) is 0.604. The fraction of sp³-hybridized carbons (Fsp3) is 0.0556. The summed E-state index contributed by atoms with van der Waals surface area (Å²) in [6.45, 7) is 0. The Balaban J connectivity index is 1.79. The van der Waals surface area contributed by atoms with Crippen molar-refractivity contribution in [2.45, 2.75) is 0 Å². The van der Waals surface area contributed by atoms with Gasteiger partial charge in [0, 0.05) is 10.2 Å². The van der Waals surface area contributed by atoms with Crippen LogP contribution >= 0.6 is 15.9 Å². The Labute approximate surface area is 158 Å². The van der Waals surface area contributed by atoms with Gasteiger partial charge in [-0.15, -0.1) is 0 Å². The number of aromatic nitrogens is 2. The van der Waals surface area contributed by atoms with Crippen molar-refractivity contribution in [3.05, 3.63) is 64.9 Å². The zero-order chi connectivity index (χ0) is 18.5. The second-order valence-electron chi connectivity index (χ2n) is 5.19. The van der Waals surface area contributed by atoms with E-state index in [4.69, 9.17) is 10.5 Å². The number of carbonyl (C=O) groups excluding carboxylic acids is 1. The molecule has 8 heteroatoms. The highest BCUT2D eigenvalue weighted by Gasteiger charge is 2.12. The van der Waals surface area contributed by atoms with E-state index in [1.54, 1.807) is 24.3 Å². The largest absolute Gasteiger partial charge is 0.465 e. The van der Waals surface area contributed by atoms with Gasteiger partial charge in [0.15, 0.2) is 5.82 Å². The summed E-state index contributed by atoms with van der Waals surface area (Å²) in [6, 6.07) is 14.1. The molecule has 0 fully saturated rings. The van der Waals surface area contributed by atoms with Crippen LogP contribution in [0.5, 0.6) is 11.6 Å². The smallest absolute Gasteiger partial charge is 0.337 e. The Bertz CT molecular complexity index is 932. The fourth-order valence-corrected chi connectivity index (χ4v) is 2.55. The monoisotopic (exact) mass is 414 g/mol. The van der Waals surface area contributed by atoms with Crippen molar-refractivity contribution in [2.24, 2.45) is 0 Å². The number of carbonyl (C=O) groups is 1. The van der Waals surface area contributed by atoms with Crippen LogP contribution in [-0.4, -0.2) is 23.0 Å². The van der Waals surface area contributed by atoms with Gasteiger partial charge in [0.1, 0.15) is 17.8 Å². The molecule has 0 atom stereocenters. The minimum Gasteiger partial charge on any atom is -0.465 e. The molecule has 1 aromatic heterocycles. The maximum atomic E-state index is 11.5. The van der Waals surface area contributed by atoms with Gasteiger partial charge in [0.25, 0.3) is 0 Å². The lowest BCUT2D eigenvalue weighted by molar-refractivity contribution is 0.0600. The second-order valence-corrected chi connectivity index (χ2v) is 6.11. The molecular formula is C18H15BrN4O3. The van der Waals surface area contributed by atoms with Crippen molar-refractivity contribution >= 4 is 39.1 Å². The molecule has 0 saturated carbocycles. The minimum absolute atomic E-state index is 0.211. The Hall–Kier alpha value is -3.13. The Morgan fingerprint density at radius 2 is 1.92 bits per heavy atom. The van der Waals surface area contributed by atoms with Crippen molar-refractivity contribution in [1.29, 1.82) is 0 Å². The third kappa shape index (κ3) is 4.09. The molecule has 2 aromatic carbocycles. The molecule has 0 aliphatic carbocycles. The highest BCUT2D eigenvalue weighted by molar-refractivity contribution is 9.10. The second kappa shape index (κ2) is 7.83. The summed E-state index contributed by atoms with van der Waals surface area (Å²) in [4.78, 5) is 19.7. The first-order chi connectivity index (χ1) is 12.6. The summed E-state index contributed by atoms with van der Waals surface area (Å²) in [5.41, 5.74) is 7.63. The summed E-state index contributed by atoms with van der Waals surface area (Å²) in [5, 5.41) is 3.12. The molecular weight excluding hydrogens is 400 g/mol. The molecule has 3 N–H and O–H groups in total. The predicted molar refractivity (Wildman–Crippen MR) is 102 cm³/mol. The molecule has 0 aliphatic heterocycles. The maximum Gasteiger partial charge on any atom is 0.337 e. The van der Waals surface area contributed by atoms with E-state index in [1.165, 1.54) is 13.4 Å². The molecule has 0 unspecified atom stereocenters. The number of nitrogens with one attached hydrogen (secondary N) is 1. The lowest BCUT2D eigenvalue weighted by atomic mass is 10.2. The van der Waals surface area contributed by atoms with Crippen LogP contribution in [0.25, 0.3) is 0 Å². The molecule has 3 rings (SSSR count). The van der Waals surface area contributed by atoms with Gasteiger partial charge in [-0.1, -0.05) is 22.0 Å².